The van der Waals surface area contributed by atoms with Crippen molar-refractivity contribution in [3.63, 3.8) is 0 Å². The molecule has 130 valence electrons. The fourth-order valence-electron chi connectivity index (χ4n) is 2.71. The van der Waals surface area contributed by atoms with Crippen LogP contribution in [0.4, 0.5) is 0 Å². The minimum absolute atomic E-state index is 0. The van der Waals surface area contributed by atoms with Crippen molar-refractivity contribution in [1.29, 1.82) is 0 Å². The summed E-state index contributed by atoms with van der Waals surface area (Å²) in [5.41, 5.74) is 0.723. The number of hydrogen-bond acceptors (Lipinski definition) is 4. The molecule has 0 spiro atoms. The van der Waals surface area contributed by atoms with Gasteiger partial charge in [0.25, 0.3) is 0 Å². The maximum Gasteiger partial charge on any atom is 1.00 e. The first-order valence-electron chi connectivity index (χ1n) is 7.74. The Labute approximate surface area is 160 Å². The summed E-state index contributed by atoms with van der Waals surface area (Å²) in [6, 6.07) is 3.48. The van der Waals surface area contributed by atoms with Crippen LogP contribution in [-0.4, -0.2) is 33.0 Å². The van der Waals surface area contributed by atoms with E-state index in [1.807, 2.05) is 0 Å². The molecule has 0 aromatic heterocycles. The van der Waals surface area contributed by atoms with Crippen LogP contribution in [0.3, 0.4) is 0 Å². The smallest absolute Gasteiger partial charge is 0.496 e. The Balaban J connectivity index is 0.00000529. The van der Waals surface area contributed by atoms with Crippen LogP contribution in [-0.2, 0) is 0 Å². The van der Waals surface area contributed by atoms with E-state index in [0.717, 1.165) is 21.2 Å². The molecule has 0 aliphatic carbocycles. The predicted molar refractivity (Wildman–Crippen MR) is 95.5 cm³/mol. The topological polar surface area (TPSA) is 44.8 Å². The number of rotatable bonds is 8. The van der Waals surface area contributed by atoms with Gasteiger partial charge >= 0.3 is 18.9 Å². The average Bonchev–Trinajstić information content (AvgIpc) is 2.49. The van der Waals surface area contributed by atoms with Gasteiger partial charge in [-0.3, -0.25) is 0 Å². The summed E-state index contributed by atoms with van der Waals surface area (Å²) in [4.78, 5) is 12.7. The summed E-state index contributed by atoms with van der Waals surface area (Å²) in [5, 5.41) is 0. The van der Waals surface area contributed by atoms with Gasteiger partial charge in [0, 0.05) is 5.52 Å². The van der Waals surface area contributed by atoms with E-state index in [1.165, 1.54) is 7.11 Å². The number of ether oxygens (including phenoxy) is 3. The Morgan fingerprint density at radius 3 is 2.08 bits per heavy atom. The Morgan fingerprint density at radius 2 is 1.62 bits per heavy atom. The van der Waals surface area contributed by atoms with E-state index in [9.17, 15) is 4.79 Å². The summed E-state index contributed by atoms with van der Waals surface area (Å²) in [6.07, 6.45) is 1.90. The van der Waals surface area contributed by atoms with Crippen molar-refractivity contribution in [2.75, 3.05) is 27.5 Å². The second kappa shape index (κ2) is 10.3. The van der Waals surface area contributed by atoms with Gasteiger partial charge in [-0.2, -0.15) is 6.16 Å². The van der Waals surface area contributed by atoms with Crippen LogP contribution in [0.2, 0.25) is 0 Å². The molecule has 1 aromatic carbocycles. The van der Waals surface area contributed by atoms with E-state index < -0.39 is 0 Å². The van der Waals surface area contributed by atoms with Crippen molar-refractivity contribution in [1.82, 2.24) is 0 Å². The van der Waals surface area contributed by atoms with Crippen LogP contribution < -0.4 is 33.1 Å². The van der Waals surface area contributed by atoms with Crippen molar-refractivity contribution in [2.24, 2.45) is 11.3 Å². The molecule has 0 heterocycles. The molecule has 0 bridgehead atoms. The minimum atomic E-state index is -0.00152. The van der Waals surface area contributed by atoms with E-state index in [-0.39, 0.29) is 29.8 Å². The van der Waals surface area contributed by atoms with Gasteiger partial charge in [-0.1, -0.05) is 33.6 Å². The third-order valence-electron chi connectivity index (χ3n) is 3.45. The van der Waals surface area contributed by atoms with E-state index in [0.29, 0.717) is 28.7 Å². The summed E-state index contributed by atoms with van der Waals surface area (Å²) < 4.78 is 16.0. The molecule has 0 fully saturated rings. The molecule has 0 amide bonds. The van der Waals surface area contributed by atoms with Crippen molar-refractivity contribution in [3.05, 3.63) is 17.7 Å². The van der Waals surface area contributed by atoms with Crippen LogP contribution in [0.15, 0.2) is 12.1 Å². The normalized spacial score (nSPS) is 12.6. The van der Waals surface area contributed by atoms with E-state index in [2.05, 4.69) is 27.7 Å². The standard InChI is InChI=1S/C18H28O4P.Li/c1-12(10-18(2,3)4)11-23-17(19)15-13(20-5)8-9-14(21-6)16(15)22-7;/h8-9,12H,10-11H2,1-7H3;/q-1;+1. The predicted octanol–water partition coefficient (Wildman–Crippen LogP) is 1.88. The molecule has 0 N–H and O–H groups in total. The maximum absolute atomic E-state index is 12.7. The summed E-state index contributed by atoms with van der Waals surface area (Å²) in [7, 11) is 5.39. The second-order valence-electron chi connectivity index (χ2n) is 6.89. The maximum atomic E-state index is 12.7. The number of carbonyl (C=O) groups excluding carboxylic acids is 1. The SMILES string of the molecule is COc1ccc(OC)c(C(=O)[P-]CC(C)CC(C)(C)C)c1OC.[Li+]. The Kier molecular flexibility index (Phi) is 10.0. The number of carbonyl (C=O) groups is 1. The third-order valence-corrected chi connectivity index (χ3v) is 4.77. The van der Waals surface area contributed by atoms with Gasteiger partial charge in [0.05, 0.1) is 26.9 Å². The zero-order chi connectivity index (χ0) is 17.6. The molecule has 6 heteroatoms. The molecular weight excluding hydrogens is 318 g/mol. The molecule has 0 saturated carbocycles. The summed E-state index contributed by atoms with van der Waals surface area (Å²) in [6.45, 7) is 8.84. The van der Waals surface area contributed by atoms with E-state index in [1.54, 1.807) is 26.4 Å². The zero-order valence-electron chi connectivity index (χ0n) is 16.2. The molecule has 0 aliphatic rings. The number of methoxy groups -OCH3 is 3. The summed E-state index contributed by atoms with van der Waals surface area (Å²) in [5.74, 6) is 1.97. The van der Waals surface area contributed by atoms with Gasteiger partial charge in [-0.15, -0.1) is 0 Å². The summed E-state index contributed by atoms with van der Waals surface area (Å²) >= 11 is 0. The third kappa shape index (κ3) is 6.67. The molecule has 24 heavy (non-hydrogen) atoms. The second-order valence-corrected chi connectivity index (χ2v) is 7.98. The quantitative estimate of drug-likeness (QED) is 0.533. The van der Waals surface area contributed by atoms with Crippen molar-refractivity contribution < 1.29 is 37.9 Å². The molecule has 4 nitrogen and oxygen atoms in total. The van der Waals surface area contributed by atoms with E-state index in [4.69, 9.17) is 14.2 Å². The molecular formula is C18H28LiO4P. The number of hydrogen-bond donors (Lipinski definition) is 0. The van der Waals surface area contributed by atoms with Gasteiger partial charge in [-0.25, -0.2) is 0 Å². The largest absolute Gasteiger partial charge is 1.00 e. The molecule has 1 rings (SSSR count). The van der Waals surface area contributed by atoms with Crippen LogP contribution in [0.1, 0.15) is 44.5 Å². The van der Waals surface area contributed by atoms with Crippen LogP contribution in [0.25, 0.3) is 0 Å². The van der Waals surface area contributed by atoms with Crippen LogP contribution >= 0.6 is 8.58 Å². The van der Waals surface area contributed by atoms with Crippen molar-refractivity contribution in [2.45, 2.75) is 34.1 Å². The van der Waals surface area contributed by atoms with Gasteiger partial charge in [-0.05, 0) is 24.0 Å². The first-order chi connectivity index (χ1) is 10.7. The molecule has 1 unspecified atom stereocenters. The average molecular weight is 346 g/mol. The van der Waals surface area contributed by atoms with Gasteiger partial charge in [0.2, 0.25) is 0 Å². The molecule has 0 radical (unpaired) electrons. The Morgan fingerprint density at radius 1 is 1.08 bits per heavy atom. The van der Waals surface area contributed by atoms with Gasteiger partial charge in [0.1, 0.15) is 5.75 Å². The monoisotopic (exact) mass is 346 g/mol. The zero-order valence-corrected chi connectivity index (χ0v) is 17.1. The van der Waals surface area contributed by atoms with Gasteiger partial charge < -0.3 is 27.6 Å². The Bertz CT molecular complexity index is 541. The molecule has 1 aromatic rings. The molecule has 0 aliphatic heterocycles. The van der Waals surface area contributed by atoms with Gasteiger partial charge in [0.15, 0.2) is 11.5 Å². The van der Waals surface area contributed by atoms with E-state index >= 15 is 0 Å². The first kappa shape index (κ1) is 23.3. The minimum Gasteiger partial charge on any atom is -0.496 e. The first-order valence-corrected chi connectivity index (χ1v) is 8.82. The molecule has 1 atom stereocenters. The fourth-order valence-corrected chi connectivity index (χ4v) is 3.69. The van der Waals surface area contributed by atoms with Crippen molar-refractivity contribution in [3.8, 4) is 17.2 Å². The van der Waals surface area contributed by atoms with Crippen LogP contribution in [0.5, 0.6) is 17.2 Å². The van der Waals surface area contributed by atoms with Crippen LogP contribution in [0, 0.1) is 11.3 Å². The Hall–Kier alpha value is -0.683. The van der Waals surface area contributed by atoms with Crippen molar-refractivity contribution >= 4 is 14.1 Å². The molecule has 0 saturated heterocycles. The fraction of sp³-hybridized carbons (Fsp3) is 0.611. The number of benzene rings is 1.